The minimum Gasteiger partial charge on any atom is -0.487 e. The number of likely N-dealkylation sites (N-methyl/N-ethyl adjacent to an activating group) is 1. The van der Waals surface area contributed by atoms with Crippen LogP contribution in [-0.2, 0) is 20.2 Å². The van der Waals surface area contributed by atoms with Gasteiger partial charge in [-0.1, -0.05) is 25.8 Å². The molecule has 3 rings (SSSR count). The molecule has 1 unspecified atom stereocenters. The van der Waals surface area contributed by atoms with E-state index in [0.717, 1.165) is 36.7 Å². The Bertz CT molecular complexity index is 1070. The summed E-state index contributed by atoms with van der Waals surface area (Å²) < 4.78 is 38.4. The van der Waals surface area contributed by atoms with Gasteiger partial charge in [0.1, 0.15) is 11.6 Å². The second kappa shape index (κ2) is 15.6. The molecule has 1 saturated carbocycles. The highest BCUT2D eigenvalue weighted by Gasteiger charge is 2.31. The summed E-state index contributed by atoms with van der Waals surface area (Å²) in [5, 5.41) is 11.7. The van der Waals surface area contributed by atoms with Gasteiger partial charge in [-0.05, 0) is 54.9 Å². The lowest BCUT2D eigenvalue weighted by Gasteiger charge is -2.31. The maximum Gasteiger partial charge on any atom is 0.278 e. The molecule has 1 aliphatic heterocycles. The average Bonchev–Trinajstić information content (AvgIpc) is 3.71. The number of rotatable bonds is 15. The van der Waals surface area contributed by atoms with Crippen LogP contribution in [0.4, 0.5) is 8.78 Å². The van der Waals surface area contributed by atoms with Crippen molar-refractivity contribution in [1.82, 2.24) is 19.9 Å². The van der Waals surface area contributed by atoms with Crippen LogP contribution in [0.25, 0.3) is 0 Å². The monoisotopic (exact) mass is 601 g/mol. The van der Waals surface area contributed by atoms with Gasteiger partial charge >= 0.3 is 0 Å². The molecular formula is C27H41F2N5O4S2. The molecule has 224 valence electrons. The Hall–Kier alpha value is -2.35. The van der Waals surface area contributed by atoms with Crippen LogP contribution in [0.5, 0.6) is 5.75 Å². The number of carbonyl (C=O) groups excluding carboxylic acids is 2. The number of aryl methyl sites for hydroxylation is 1. The van der Waals surface area contributed by atoms with E-state index >= 15 is 0 Å². The first-order valence-corrected chi connectivity index (χ1v) is 13.9. The molecule has 1 aliphatic carbocycles. The lowest BCUT2D eigenvalue weighted by atomic mass is 9.90. The number of ether oxygens (including phenoxy) is 1. The van der Waals surface area contributed by atoms with Crippen LogP contribution in [-0.4, -0.2) is 67.6 Å². The van der Waals surface area contributed by atoms with Gasteiger partial charge in [0, 0.05) is 27.2 Å². The van der Waals surface area contributed by atoms with E-state index in [0.29, 0.717) is 48.9 Å². The smallest absolute Gasteiger partial charge is 0.278 e. The summed E-state index contributed by atoms with van der Waals surface area (Å²) in [7, 11) is 3.25. The molecule has 2 fully saturated rings. The highest BCUT2D eigenvalue weighted by molar-refractivity contribution is 7.92. The number of nitrogens with zero attached hydrogens (tertiary/aromatic N) is 3. The van der Waals surface area contributed by atoms with Crippen LogP contribution in [0.15, 0.2) is 34.7 Å². The molecule has 1 aromatic carbocycles. The van der Waals surface area contributed by atoms with Crippen molar-refractivity contribution in [3.8, 4) is 5.75 Å². The minimum absolute atomic E-state index is 0. The fourth-order valence-corrected chi connectivity index (χ4v) is 4.92. The number of alkyl halides is 2. The third-order valence-corrected chi connectivity index (χ3v) is 7.14. The van der Waals surface area contributed by atoms with E-state index in [1.54, 1.807) is 28.5 Å². The number of amides is 2. The zero-order chi connectivity index (χ0) is 28.6. The predicted octanol–water partition coefficient (Wildman–Crippen LogP) is 4.53. The Labute approximate surface area is 246 Å². The zero-order valence-corrected chi connectivity index (χ0v) is 25.4. The number of nitrogens with one attached hydrogen (secondary N) is 2. The number of hydrazone groups is 1. The van der Waals surface area contributed by atoms with E-state index in [9.17, 15) is 18.4 Å². The number of hydrogen-bond acceptors (Lipinski definition) is 8. The number of carbonyl (C=O) groups is 2. The lowest BCUT2D eigenvalue weighted by Crippen LogP contribution is -2.43. The first kappa shape index (κ1) is 33.9. The summed E-state index contributed by atoms with van der Waals surface area (Å²) in [5.74, 6) is -2.18. The van der Waals surface area contributed by atoms with Crippen LogP contribution >= 0.6 is 25.7 Å². The molecule has 13 heteroatoms. The van der Waals surface area contributed by atoms with Gasteiger partial charge in [0.05, 0.1) is 37.5 Å². The fraction of sp³-hybridized carbons (Fsp3) is 0.593. The van der Waals surface area contributed by atoms with Gasteiger partial charge in [0.2, 0.25) is 5.91 Å². The molecule has 0 spiro atoms. The Morgan fingerprint density at radius 1 is 1.32 bits per heavy atom. The zero-order valence-electron chi connectivity index (χ0n) is 23.6. The van der Waals surface area contributed by atoms with Crippen LogP contribution in [0.3, 0.4) is 0 Å². The summed E-state index contributed by atoms with van der Waals surface area (Å²) in [6.45, 7) is 6.36. The molecule has 0 radical (unpaired) electrons. The topological polar surface area (TPSA) is 95.5 Å². The van der Waals surface area contributed by atoms with Crippen molar-refractivity contribution in [2.75, 3.05) is 33.9 Å². The lowest BCUT2D eigenvalue weighted by molar-refractivity contribution is -0.121. The second-order valence-corrected chi connectivity index (χ2v) is 11.1. The number of hydrogen-bond donors (Lipinski definition) is 2. The number of benzene rings is 1. The Morgan fingerprint density at radius 2 is 2.05 bits per heavy atom. The van der Waals surface area contributed by atoms with Crippen molar-refractivity contribution in [2.45, 2.75) is 64.3 Å². The van der Waals surface area contributed by atoms with Gasteiger partial charge in [0.25, 0.3) is 11.8 Å². The van der Waals surface area contributed by atoms with Gasteiger partial charge in [-0.15, -0.1) is 0 Å². The summed E-state index contributed by atoms with van der Waals surface area (Å²) in [6.07, 6.45) is 4.90. The van der Waals surface area contributed by atoms with Gasteiger partial charge in [-0.25, -0.2) is 18.1 Å². The van der Waals surface area contributed by atoms with Gasteiger partial charge in [0.15, 0.2) is 6.61 Å². The molecule has 1 aromatic rings. The van der Waals surface area contributed by atoms with Crippen molar-refractivity contribution in [1.29, 1.82) is 0 Å². The van der Waals surface area contributed by atoms with Crippen molar-refractivity contribution in [2.24, 2.45) is 11.0 Å². The normalized spacial score (nSPS) is 18.5. The third kappa shape index (κ3) is 10.2. The Balaban J connectivity index is 0.00000560. The van der Waals surface area contributed by atoms with E-state index in [4.69, 9.17) is 8.92 Å². The molecule has 2 N–H and O–H groups in total. The molecule has 1 atom stereocenters. The predicted molar refractivity (Wildman–Crippen MR) is 158 cm³/mol. The van der Waals surface area contributed by atoms with Crippen LogP contribution in [0.1, 0.15) is 63.1 Å². The maximum absolute atomic E-state index is 13.4. The summed E-state index contributed by atoms with van der Waals surface area (Å²) in [4.78, 5) is 26.3. The summed E-state index contributed by atoms with van der Waals surface area (Å²) in [5.41, 5.74) is 2.26. The Morgan fingerprint density at radius 3 is 2.62 bits per heavy atom. The number of halogens is 2. The molecule has 1 saturated heterocycles. The van der Waals surface area contributed by atoms with E-state index in [2.05, 4.69) is 22.5 Å². The Kier molecular flexibility index (Phi) is 13.2. The van der Waals surface area contributed by atoms with Crippen molar-refractivity contribution >= 4 is 44.3 Å². The molecule has 40 heavy (non-hydrogen) atoms. The van der Waals surface area contributed by atoms with E-state index in [1.807, 2.05) is 13.0 Å². The number of piperidine rings is 1. The van der Waals surface area contributed by atoms with Crippen molar-refractivity contribution in [3.05, 3.63) is 40.7 Å². The average molecular weight is 602 g/mol. The first-order valence-electron chi connectivity index (χ1n) is 13.2. The van der Waals surface area contributed by atoms with E-state index in [1.165, 1.54) is 20.0 Å². The van der Waals surface area contributed by atoms with Gasteiger partial charge < -0.3 is 19.6 Å². The van der Waals surface area contributed by atoms with Crippen LogP contribution in [0, 0.1) is 5.92 Å². The highest BCUT2D eigenvalue weighted by Crippen LogP contribution is 2.34. The summed E-state index contributed by atoms with van der Waals surface area (Å²) in [6, 6.07) is 4.95. The molecule has 0 bridgehead atoms. The molecule has 0 aromatic heterocycles. The van der Waals surface area contributed by atoms with Gasteiger partial charge in [-0.2, -0.15) is 18.6 Å². The maximum atomic E-state index is 13.4. The van der Waals surface area contributed by atoms with E-state index in [-0.39, 0.29) is 37.9 Å². The molecule has 9 nitrogen and oxygen atoms in total. The quantitative estimate of drug-likeness (QED) is 0.100. The standard InChI is InChI=1S/C27H39F2N5O4S.H2S/c1-6-19-15-20(38-17-27(2,28)29)9-10-21(19)23-12-11-22(26(36)31-23)25(32-24(35)16-33(4)39-37-5)34(30-3)14-13-18-7-8-18;/h9-10,15,18,23H,3,6-8,11-14,16-17H2,1-2,4-5H3,(H,31,36)(H,32,35);1H2/b25-22+;. The highest BCUT2D eigenvalue weighted by atomic mass is 32.2. The largest absolute Gasteiger partial charge is 0.487 e. The minimum atomic E-state index is -2.93. The van der Waals surface area contributed by atoms with Gasteiger partial charge in [-0.3, -0.25) is 9.59 Å². The summed E-state index contributed by atoms with van der Waals surface area (Å²) >= 11 is 1.05. The van der Waals surface area contributed by atoms with Crippen LogP contribution < -0.4 is 15.4 Å². The third-order valence-electron chi connectivity index (χ3n) is 6.61. The molecule has 2 amide bonds. The van der Waals surface area contributed by atoms with Crippen molar-refractivity contribution < 1.29 is 27.3 Å². The fourth-order valence-electron chi connectivity index (χ4n) is 4.49. The SMILES string of the molecule is C=NN(CCC1CC1)/C(NC(=O)CN(C)SOC)=C1\CCC(c2ccc(OCC(C)(F)F)cc2CC)NC1=O.S. The second-order valence-electron chi connectivity index (χ2n) is 10.0. The molecule has 1 heterocycles. The molecule has 2 aliphatic rings. The molecular weight excluding hydrogens is 560 g/mol. The van der Waals surface area contributed by atoms with Crippen LogP contribution in [0.2, 0.25) is 0 Å². The van der Waals surface area contributed by atoms with Crippen molar-refractivity contribution in [3.63, 3.8) is 0 Å². The first-order chi connectivity index (χ1) is 18.5. The van der Waals surface area contributed by atoms with E-state index < -0.39 is 12.5 Å².